The summed E-state index contributed by atoms with van der Waals surface area (Å²) in [6.07, 6.45) is 1.87. The number of nitrogens with two attached hydrogens (primary N) is 1. The van der Waals surface area contributed by atoms with E-state index < -0.39 is 10.0 Å². The minimum atomic E-state index is -3.43. The van der Waals surface area contributed by atoms with Gasteiger partial charge in [-0.2, -0.15) is 4.31 Å². The molecule has 19 heavy (non-hydrogen) atoms. The Kier molecular flexibility index (Phi) is 4.66. The molecular weight excluding hydrogens is 328 g/mol. The number of hydrogen-bond donors (Lipinski definition) is 1. The van der Waals surface area contributed by atoms with E-state index in [4.69, 9.17) is 5.73 Å². The van der Waals surface area contributed by atoms with Crippen LogP contribution < -0.4 is 5.73 Å². The third kappa shape index (κ3) is 3.18. The van der Waals surface area contributed by atoms with Gasteiger partial charge in [0.25, 0.3) is 0 Å². The largest absolute Gasteiger partial charge is 0.330 e. The zero-order valence-electron chi connectivity index (χ0n) is 10.9. The maximum Gasteiger partial charge on any atom is 0.243 e. The third-order valence-electron chi connectivity index (χ3n) is 3.66. The molecule has 2 rings (SSSR count). The van der Waals surface area contributed by atoms with Crippen molar-refractivity contribution in [2.75, 3.05) is 13.1 Å². The van der Waals surface area contributed by atoms with E-state index >= 15 is 0 Å². The van der Waals surface area contributed by atoms with E-state index in [9.17, 15) is 8.42 Å². The van der Waals surface area contributed by atoms with Gasteiger partial charge in [-0.15, -0.1) is 0 Å². The molecule has 2 unspecified atom stereocenters. The van der Waals surface area contributed by atoms with E-state index in [0.29, 0.717) is 18.0 Å². The maximum absolute atomic E-state index is 12.7. The minimum Gasteiger partial charge on any atom is -0.330 e. The normalized spacial score (nSPS) is 25.4. The zero-order valence-corrected chi connectivity index (χ0v) is 13.3. The highest BCUT2D eigenvalue weighted by Crippen LogP contribution is 2.28. The smallest absolute Gasteiger partial charge is 0.243 e. The van der Waals surface area contributed by atoms with Crippen molar-refractivity contribution in [1.82, 2.24) is 4.31 Å². The van der Waals surface area contributed by atoms with Crippen LogP contribution >= 0.6 is 15.9 Å². The number of benzene rings is 1. The molecule has 1 saturated heterocycles. The Morgan fingerprint density at radius 2 is 2.16 bits per heavy atom. The topological polar surface area (TPSA) is 63.4 Å². The first-order valence-corrected chi connectivity index (χ1v) is 8.66. The Hall–Kier alpha value is -0.430. The minimum absolute atomic E-state index is 0.0341. The summed E-state index contributed by atoms with van der Waals surface area (Å²) in [7, 11) is -3.43. The molecule has 1 fully saturated rings. The molecule has 0 spiro atoms. The van der Waals surface area contributed by atoms with Crippen LogP contribution in [-0.2, 0) is 10.0 Å². The van der Waals surface area contributed by atoms with Crippen LogP contribution in [-0.4, -0.2) is 31.9 Å². The van der Waals surface area contributed by atoms with Crippen LogP contribution in [0.2, 0.25) is 0 Å². The molecule has 1 heterocycles. The SMILES string of the molecule is CC1CCC(CN)CN1S(=O)(=O)c1cccc(Br)c1. The lowest BCUT2D eigenvalue weighted by atomic mass is 9.96. The molecule has 1 aliphatic heterocycles. The molecule has 0 saturated carbocycles. The Morgan fingerprint density at radius 1 is 1.42 bits per heavy atom. The van der Waals surface area contributed by atoms with Crippen LogP contribution in [0.4, 0.5) is 0 Å². The molecular formula is C13H19BrN2O2S. The molecule has 6 heteroatoms. The summed E-state index contributed by atoms with van der Waals surface area (Å²) >= 11 is 3.32. The molecule has 0 radical (unpaired) electrons. The molecule has 2 N–H and O–H groups in total. The predicted octanol–water partition coefficient (Wildman–Crippen LogP) is 2.20. The van der Waals surface area contributed by atoms with Crippen LogP contribution in [0.15, 0.2) is 33.6 Å². The van der Waals surface area contributed by atoms with Crippen molar-refractivity contribution >= 4 is 26.0 Å². The lowest BCUT2D eigenvalue weighted by Gasteiger charge is -2.36. The Morgan fingerprint density at radius 3 is 2.79 bits per heavy atom. The van der Waals surface area contributed by atoms with Crippen molar-refractivity contribution in [3.8, 4) is 0 Å². The zero-order chi connectivity index (χ0) is 14.0. The van der Waals surface area contributed by atoms with E-state index in [2.05, 4.69) is 15.9 Å². The van der Waals surface area contributed by atoms with Gasteiger partial charge in [-0.3, -0.25) is 0 Å². The molecule has 0 aliphatic carbocycles. The lowest BCUT2D eigenvalue weighted by molar-refractivity contribution is 0.211. The van der Waals surface area contributed by atoms with Crippen molar-refractivity contribution in [2.45, 2.75) is 30.7 Å². The fourth-order valence-corrected chi connectivity index (χ4v) is 4.77. The van der Waals surface area contributed by atoms with Gasteiger partial charge in [0.05, 0.1) is 4.90 Å². The molecule has 0 amide bonds. The van der Waals surface area contributed by atoms with Crippen molar-refractivity contribution in [1.29, 1.82) is 0 Å². The first-order chi connectivity index (χ1) is 8.95. The lowest BCUT2D eigenvalue weighted by Crippen LogP contribution is -2.46. The second-order valence-corrected chi connectivity index (χ2v) is 7.87. The van der Waals surface area contributed by atoms with E-state index in [0.717, 1.165) is 17.3 Å². The van der Waals surface area contributed by atoms with E-state index in [1.807, 2.05) is 13.0 Å². The van der Waals surface area contributed by atoms with Crippen LogP contribution in [0.3, 0.4) is 0 Å². The van der Waals surface area contributed by atoms with Crippen LogP contribution in [0.25, 0.3) is 0 Å². The van der Waals surface area contributed by atoms with Crippen molar-refractivity contribution < 1.29 is 8.42 Å². The quantitative estimate of drug-likeness (QED) is 0.912. The molecule has 4 nitrogen and oxygen atoms in total. The third-order valence-corrected chi connectivity index (χ3v) is 6.13. The summed E-state index contributed by atoms with van der Waals surface area (Å²) in [4.78, 5) is 0.339. The summed E-state index contributed by atoms with van der Waals surface area (Å²) in [5.74, 6) is 0.262. The molecule has 1 aromatic carbocycles. The van der Waals surface area contributed by atoms with Crippen molar-refractivity contribution in [3.05, 3.63) is 28.7 Å². The van der Waals surface area contributed by atoms with E-state index in [1.165, 1.54) is 0 Å². The standard InChI is InChI=1S/C13H19BrN2O2S/c1-10-5-6-11(8-15)9-16(10)19(17,18)13-4-2-3-12(14)7-13/h2-4,7,10-11H,5-6,8-9,15H2,1H3. The molecule has 0 aromatic heterocycles. The van der Waals surface area contributed by atoms with Gasteiger partial charge in [0, 0.05) is 17.1 Å². The van der Waals surface area contributed by atoms with Crippen LogP contribution in [0.5, 0.6) is 0 Å². The number of nitrogens with zero attached hydrogens (tertiary/aromatic N) is 1. The molecule has 1 aliphatic rings. The first kappa shape index (κ1) is 15.0. The van der Waals surface area contributed by atoms with Crippen LogP contribution in [0.1, 0.15) is 19.8 Å². The Labute approximate surface area is 123 Å². The monoisotopic (exact) mass is 346 g/mol. The molecule has 0 bridgehead atoms. The summed E-state index contributed by atoms with van der Waals surface area (Å²) in [5.41, 5.74) is 5.69. The summed E-state index contributed by atoms with van der Waals surface area (Å²) < 4.78 is 27.7. The van der Waals surface area contributed by atoms with Crippen LogP contribution in [0, 0.1) is 5.92 Å². The number of sulfonamides is 1. The van der Waals surface area contributed by atoms with Crippen molar-refractivity contribution in [2.24, 2.45) is 11.7 Å². The second-order valence-electron chi connectivity index (χ2n) is 5.06. The van der Waals surface area contributed by atoms with Gasteiger partial charge in [-0.1, -0.05) is 22.0 Å². The van der Waals surface area contributed by atoms with Gasteiger partial charge in [0.2, 0.25) is 10.0 Å². The van der Waals surface area contributed by atoms with Gasteiger partial charge in [0.15, 0.2) is 0 Å². The highest BCUT2D eigenvalue weighted by Gasteiger charge is 2.34. The van der Waals surface area contributed by atoms with Gasteiger partial charge in [0.1, 0.15) is 0 Å². The fourth-order valence-electron chi connectivity index (χ4n) is 2.44. The summed E-state index contributed by atoms with van der Waals surface area (Å²) in [6.45, 7) is 3.02. The average molecular weight is 347 g/mol. The van der Waals surface area contributed by atoms with Crippen molar-refractivity contribution in [3.63, 3.8) is 0 Å². The van der Waals surface area contributed by atoms with E-state index in [1.54, 1.807) is 22.5 Å². The number of hydrogen-bond acceptors (Lipinski definition) is 3. The highest BCUT2D eigenvalue weighted by molar-refractivity contribution is 9.10. The number of rotatable bonds is 3. The predicted molar refractivity (Wildman–Crippen MR) is 79.3 cm³/mol. The second kappa shape index (κ2) is 5.91. The molecule has 106 valence electrons. The Balaban J connectivity index is 2.32. The van der Waals surface area contributed by atoms with Gasteiger partial charge < -0.3 is 5.73 Å². The average Bonchev–Trinajstić information content (AvgIpc) is 2.39. The molecule has 1 aromatic rings. The first-order valence-electron chi connectivity index (χ1n) is 6.42. The number of halogens is 1. The van der Waals surface area contributed by atoms with Gasteiger partial charge >= 0.3 is 0 Å². The summed E-state index contributed by atoms with van der Waals surface area (Å²) in [6, 6.07) is 6.88. The highest BCUT2D eigenvalue weighted by atomic mass is 79.9. The number of piperidine rings is 1. The van der Waals surface area contributed by atoms with Gasteiger partial charge in [-0.25, -0.2) is 8.42 Å². The maximum atomic E-state index is 12.7. The summed E-state index contributed by atoms with van der Waals surface area (Å²) in [5, 5.41) is 0. The fraction of sp³-hybridized carbons (Fsp3) is 0.538. The Bertz CT molecular complexity index is 547. The van der Waals surface area contributed by atoms with E-state index in [-0.39, 0.29) is 12.0 Å². The van der Waals surface area contributed by atoms with Gasteiger partial charge in [-0.05, 0) is 50.4 Å². The molecule has 2 atom stereocenters.